The Morgan fingerprint density at radius 1 is 1.46 bits per heavy atom. The van der Waals surface area contributed by atoms with Crippen molar-refractivity contribution >= 4 is 17.5 Å². The van der Waals surface area contributed by atoms with Gasteiger partial charge in [0.1, 0.15) is 22.8 Å². The highest BCUT2D eigenvalue weighted by Crippen LogP contribution is 2.35. The number of carbonyl (C=O) groups is 1. The quantitative estimate of drug-likeness (QED) is 0.843. The number of amides is 1. The molecule has 6 heteroatoms. The molecule has 0 unspecified atom stereocenters. The molecule has 0 spiro atoms. The summed E-state index contributed by atoms with van der Waals surface area (Å²) in [4.78, 5) is 16.1. The Morgan fingerprint density at radius 3 is 3.00 bits per heavy atom. The molecule has 2 heterocycles. The van der Waals surface area contributed by atoms with Gasteiger partial charge in [0.15, 0.2) is 0 Å². The van der Waals surface area contributed by atoms with Crippen LogP contribution >= 0.6 is 11.6 Å². The van der Waals surface area contributed by atoms with Gasteiger partial charge in [0.2, 0.25) is 0 Å². The molecule has 5 nitrogen and oxygen atoms in total. The molecule has 0 bridgehead atoms. The maximum atomic E-state index is 12.2. The van der Waals surface area contributed by atoms with Crippen molar-refractivity contribution in [3.63, 3.8) is 0 Å². The van der Waals surface area contributed by atoms with Crippen LogP contribution in [0.4, 0.5) is 0 Å². The third-order valence-electron chi connectivity index (χ3n) is 3.81. The normalized spacial score (nSPS) is 15.5. The molecular formula is C18H19ClN2O3. The lowest BCUT2D eigenvalue weighted by atomic mass is 10.1. The van der Waals surface area contributed by atoms with Gasteiger partial charge in [-0.1, -0.05) is 11.6 Å². The zero-order valence-electron chi connectivity index (χ0n) is 13.6. The second kappa shape index (κ2) is 7.09. The van der Waals surface area contributed by atoms with Crippen molar-refractivity contribution in [2.45, 2.75) is 32.9 Å². The first-order valence-electron chi connectivity index (χ1n) is 7.91. The molecule has 1 aromatic heterocycles. The first-order chi connectivity index (χ1) is 11.6. The van der Waals surface area contributed by atoms with Gasteiger partial charge in [-0.25, -0.2) is 4.98 Å². The molecule has 3 rings (SSSR count). The van der Waals surface area contributed by atoms with Crippen LogP contribution in [0.15, 0.2) is 30.5 Å². The second-order valence-electron chi connectivity index (χ2n) is 5.69. The predicted octanol–water partition coefficient (Wildman–Crippen LogP) is 3.39. The lowest BCUT2D eigenvalue weighted by Crippen LogP contribution is -2.23. The summed E-state index contributed by atoms with van der Waals surface area (Å²) < 4.78 is 11.5. The number of fused-ring (bicyclic) bond motifs is 1. The van der Waals surface area contributed by atoms with Gasteiger partial charge in [0.25, 0.3) is 5.91 Å². The van der Waals surface area contributed by atoms with Crippen molar-refractivity contribution in [1.82, 2.24) is 10.3 Å². The summed E-state index contributed by atoms with van der Waals surface area (Å²) in [5, 5.41) is 3.23. The average molecular weight is 347 g/mol. The molecule has 1 atom stereocenters. The largest absolute Gasteiger partial charge is 0.494 e. The molecule has 2 aromatic rings. The fraction of sp³-hybridized carbons (Fsp3) is 0.333. The predicted molar refractivity (Wildman–Crippen MR) is 91.8 cm³/mol. The zero-order chi connectivity index (χ0) is 17.1. The number of hydrogen-bond donors (Lipinski definition) is 1. The van der Waals surface area contributed by atoms with Crippen LogP contribution in [0.5, 0.6) is 11.5 Å². The average Bonchev–Trinajstić information content (AvgIpc) is 2.92. The maximum Gasteiger partial charge on any atom is 0.253 e. The van der Waals surface area contributed by atoms with Crippen LogP contribution in [-0.4, -0.2) is 23.6 Å². The Balaban J connectivity index is 1.75. The summed E-state index contributed by atoms with van der Waals surface area (Å²) in [5.41, 5.74) is 2.49. The highest BCUT2D eigenvalue weighted by Gasteiger charge is 2.22. The minimum Gasteiger partial charge on any atom is -0.494 e. The Kier molecular flexibility index (Phi) is 4.90. The number of halogens is 1. The van der Waals surface area contributed by atoms with Crippen molar-refractivity contribution in [3.8, 4) is 11.5 Å². The minimum absolute atomic E-state index is 0.166. The van der Waals surface area contributed by atoms with E-state index in [1.165, 1.54) is 6.20 Å². The molecule has 0 fully saturated rings. The number of nitrogens with zero attached hydrogens (tertiary/aromatic N) is 1. The van der Waals surface area contributed by atoms with E-state index in [2.05, 4.69) is 10.3 Å². The Bertz CT molecular complexity index is 747. The third-order valence-corrected chi connectivity index (χ3v) is 4.03. The molecule has 1 N–H and O–H groups in total. The van der Waals surface area contributed by atoms with Crippen LogP contribution in [0, 0.1) is 0 Å². The molecule has 1 amide bonds. The zero-order valence-corrected chi connectivity index (χ0v) is 14.4. The fourth-order valence-corrected chi connectivity index (χ4v) is 2.81. The molecule has 1 aliphatic heterocycles. The molecule has 1 aliphatic rings. The summed E-state index contributed by atoms with van der Waals surface area (Å²) in [7, 11) is 0. The number of benzene rings is 1. The van der Waals surface area contributed by atoms with Crippen LogP contribution in [-0.2, 0) is 13.0 Å². The van der Waals surface area contributed by atoms with Crippen LogP contribution in [0.1, 0.15) is 35.3 Å². The lowest BCUT2D eigenvalue weighted by Gasteiger charge is -2.13. The van der Waals surface area contributed by atoms with Crippen LogP contribution < -0.4 is 14.8 Å². The van der Waals surface area contributed by atoms with Crippen molar-refractivity contribution in [2.24, 2.45) is 0 Å². The Labute approximate surface area is 145 Å². The van der Waals surface area contributed by atoms with Crippen LogP contribution in [0.2, 0.25) is 5.15 Å². The second-order valence-corrected chi connectivity index (χ2v) is 6.07. The minimum atomic E-state index is -0.212. The summed E-state index contributed by atoms with van der Waals surface area (Å²) in [6.45, 7) is 4.89. The van der Waals surface area contributed by atoms with E-state index in [4.69, 9.17) is 21.1 Å². The molecule has 24 heavy (non-hydrogen) atoms. The van der Waals surface area contributed by atoms with Crippen molar-refractivity contribution in [1.29, 1.82) is 0 Å². The first-order valence-corrected chi connectivity index (χ1v) is 8.29. The number of aromatic nitrogens is 1. The molecular weight excluding hydrogens is 328 g/mol. The van der Waals surface area contributed by atoms with E-state index >= 15 is 0 Å². The highest BCUT2D eigenvalue weighted by molar-refractivity contribution is 6.29. The molecule has 0 saturated carbocycles. The summed E-state index contributed by atoms with van der Waals surface area (Å²) in [6, 6.07) is 7.19. The summed E-state index contributed by atoms with van der Waals surface area (Å²) in [6.07, 6.45) is 2.49. The van der Waals surface area contributed by atoms with Gasteiger partial charge in [0.05, 0.1) is 12.2 Å². The summed E-state index contributed by atoms with van der Waals surface area (Å²) in [5.74, 6) is 1.43. The van der Waals surface area contributed by atoms with Gasteiger partial charge in [-0.2, -0.15) is 0 Å². The Morgan fingerprint density at radius 2 is 2.29 bits per heavy atom. The topological polar surface area (TPSA) is 60.5 Å². The highest BCUT2D eigenvalue weighted by atomic mass is 35.5. The van der Waals surface area contributed by atoms with Crippen LogP contribution in [0.25, 0.3) is 0 Å². The van der Waals surface area contributed by atoms with Gasteiger partial charge < -0.3 is 14.8 Å². The maximum absolute atomic E-state index is 12.2. The SMILES string of the molecule is CCOc1cc2c(cc1CNC(=O)c1ccc(Cl)nc1)O[C@@H](C)C2. The van der Waals surface area contributed by atoms with Crippen molar-refractivity contribution in [3.05, 3.63) is 52.3 Å². The number of ether oxygens (including phenoxy) is 2. The van der Waals surface area contributed by atoms with E-state index in [0.29, 0.717) is 23.9 Å². The molecule has 0 saturated heterocycles. The van der Waals surface area contributed by atoms with Crippen molar-refractivity contribution in [2.75, 3.05) is 6.61 Å². The first kappa shape index (κ1) is 16.6. The fourth-order valence-electron chi connectivity index (χ4n) is 2.70. The van der Waals surface area contributed by atoms with E-state index in [9.17, 15) is 4.79 Å². The number of hydrogen-bond acceptors (Lipinski definition) is 4. The molecule has 0 radical (unpaired) electrons. The molecule has 0 aliphatic carbocycles. The van der Waals surface area contributed by atoms with Gasteiger partial charge in [-0.15, -0.1) is 0 Å². The number of nitrogens with one attached hydrogen (secondary N) is 1. The van der Waals surface area contributed by atoms with E-state index in [1.807, 2.05) is 26.0 Å². The van der Waals surface area contributed by atoms with E-state index < -0.39 is 0 Å². The monoisotopic (exact) mass is 346 g/mol. The molecule has 126 valence electrons. The summed E-state index contributed by atoms with van der Waals surface area (Å²) >= 11 is 5.74. The standard InChI is InChI=1S/C18H19ClN2O3/c1-3-23-15-7-13-6-11(2)24-16(13)8-14(15)10-21-18(22)12-4-5-17(19)20-9-12/h4-5,7-9,11H,3,6,10H2,1-2H3,(H,21,22)/t11-/m0/s1. The van der Waals surface area contributed by atoms with E-state index in [-0.39, 0.29) is 12.0 Å². The van der Waals surface area contributed by atoms with Crippen LogP contribution in [0.3, 0.4) is 0 Å². The van der Waals surface area contributed by atoms with Gasteiger partial charge >= 0.3 is 0 Å². The number of carbonyl (C=O) groups excluding carboxylic acids is 1. The lowest BCUT2D eigenvalue weighted by molar-refractivity contribution is 0.0950. The molecule has 1 aromatic carbocycles. The van der Waals surface area contributed by atoms with E-state index in [1.54, 1.807) is 12.1 Å². The number of pyridine rings is 1. The van der Waals surface area contributed by atoms with Gasteiger partial charge in [-0.05, 0) is 38.1 Å². The van der Waals surface area contributed by atoms with Gasteiger partial charge in [-0.3, -0.25) is 4.79 Å². The van der Waals surface area contributed by atoms with E-state index in [0.717, 1.165) is 29.0 Å². The number of rotatable bonds is 5. The third kappa shape index (κ3) is 3.62. The van der Waals surface area contributed by atoms with Gasteiger partial charge in [0, 0.05) is 30.3 Å². The van der Waals surface area contributed by atoms with Crippen molar-refractivity contribution < 1.29 is 14.3 Å². The Hall–Kier alpha value is -2.27. The smallest absolute Gasteiger partial charge is 0.253 e.